The molecule has 1 rings (SSSR count). The maximum atomic E-state index is 4.86. The summed E-state index contributed by atoms with van der Waals surface area (Å²) in [6.45, 7) is 0.441. The molecule has 0 aliphatic carbocycles. The molecule has 0 fully saturated rings. The lowest BCUT2D eigenvalue weighted by Crippen LogP contribution is -1.96. The van der Waals surface area contributed by atoms with E-state index < -0.39 is 0 Å². The van der Waals surface area contributed by atoms with Crippen molar-refractivity contribution in [3.8, 4) is 0 Å². The molecular formula is C9H10BrNO. The van der Waals surface area contributed by atoms with E-state index in [1.165, 1.54) is 0 Å². The fraction of sp³-hybridized carbons (Fsp3) is 0.111. The Hall–Kier alpha value is -0.640. The topological polar surface area (TPSA) is 35.2 Å². The van der Waals surface area contributed by atoms with Crippen molar-refractivity contribution in [2.24, 2.45) is 5.90 Å². The second kappa shape index (κ2) is 5.09. The fourth-order valence-corrected chi connectivity index (χ4v) is 1.08. The van der Waals surface area contributed by atoms with Gasteiger partial charge < -0.3 is 4.84 Å². The van der Waals surface area contributed by atoms with Crippen LogP contribution in [-0.4, -0.2) is 6.61 Å². The smallest absolute Gasteiger partial charge is 0.0864 e. The molecule has 0 heterocycles. The monoisotopic (exact) mass is 227 g/mol. The van der Waals surface area contributed by atoms with Crippen LogP contribution < -0.4 is 5.90 Å². The minimum absolute atomic E-state index is 0.441. The largest absolute Gasteiger partial charge is 0.300 e. The van der Waals surface area contributed by atoms with Crippen molar-refractivity contribution < 1.29 is 4.84 Å². The highest BCUT2D eigenvalue weighted by molar-refractivity contribution is 9.10. The van der Waals surface area contributed by atoms with Crippen LogP contribution in [0.4, 0.5) is 0 Å². The summed E-state index contributed by atoms with van der Waals surface area (Å²) < 4.78 is 1.08. The van der Waals surface area contributed by atoms with Gasteiger partial charge in [0.2, 0.25) is 0 Å². The fourth-order valence-electron chi connectivity index (χ4n) is 0.814. The van der Waals surface area contributed by atoms with Gasteiger partial charge in [-0.15, -0.1) is 0 Å². The maximum Gasteiger partial charge on any atom is 0.0864 e. The first-order valence-corrected chi connectivity index (χ1v) is 4.36. The third-order valence-electron chi connectivity index (χ3n) is 1.37. The summed E-state index contributed by atoms with van der Waals surface area (Å²) in [5, 5.41) is 0. The molecule has 0 radical (unpaired) electrons. The van der Waals surface area contributed by atoms with Gasteiger partial charge >= 0.3 is 0 Å². The van der Waals surface area contributed by atoms with Crippen molar-refractivity contribution >= 4 is 22.0 Å². The number of benzene rings is 1. The lowest BCUT2D eigenvalue weighted by molar-refractivity contribution is 0.168. The Morgan fingerprint density at radius 1 is 1.33 bits per heavy atom. The Bertz CT molecular complexity index is 256. The van der Waals surface area contributed by atoms with Gasteiger partial charge in [-0.1, -0.05) is 40.2 Å². The Morgan fingerprint density at radius 2 is 2.00 bits per heavy atom. The summed E-state index contributed by atoms with van der Waals surface area (Å²) in [7, 11) is 0. The number of rotatable bonds is 3. The highest BCUT2D eigenvalue weighted by Crippen LogP contribution is 2.11. The zero-order chi connectivity index (χ0) is 8.81. The predicted octanol–water partition coefficient (Wildman–Crippen LogP) is 2.35. The zero-order valence-corrected chi connectivity index (χ0v) is 8.12. The van der Waals surface area contributed by atoms with E-state index in [-0.39, 0.29) is 0 Å². The number of nitrogens with two attached hydrogens (primary N) is 1. The van der Waals surface area contributed by atoms with Gasteiger partial charge in [-0.2, -0.15) is 0 Å². The van der Waals surface area contributed by atoms with Crippen LogP contribution in [0.3, 0.4) is 0 Å². The van der Waals surface area contributed by atoms with Crippen molar-refractivity contribution in [2.45, 2.75) is 0 Å². The van der Waals surface area contributed by atoms with Crippen molar-refractivity contribution in [1.29, 1.82) is 0 Å². The molecule has 0 bridgehead atoms. The first-order valence-electron chi connectivity index (χ1n) is 3.56. The summed E-state index contributed by atoms with van der Waals surface area (Å²) in [5.41, 5.74) is 1.13. The molecule has 3 heteroatoms. The van der Waals surface area contributed by atoms with Gasteiger partial charge in [-0.25, -0.2) is 5.90 Å². The third-order valence-corrected chi connectivity index (χ3v) is 1.90. The molecule has 64 valence electrons. The van der Waals surface area contributed by atoms with E-state index >= 15 is 0 Å². The first kappa shape index (κ1) is 9.45. The standard InChI is InChI=1S/C9H10BrNO/c10-9-5-3-8(4-6-9)2-1-7-12-11/h1-6H,7,11H2. The molecule has 0 spiro atoms. The number of halogens is 1. The molecular weight excluding hydrogens is 218 g/mol. The van der Waals surface area contributed by atoms with Gasteiger partial charge in [0.1, 0.15) is 0 Å². The van der Waals surface area contributed by atoms with E-state index in [1.807, 2.05) is 36.4 Å². The molecule has 0 aliphatic heterocycles. The van der Waals surface area contributed by atoms with Crippen LogP contribution in [0.15, 0.2) is 34.8 Å². The molecule has 0 saturated heterocycles. The van der Waals surface area contributed by atoms with Crippen molar-refractivity contribution in [3.63, 3.8) is 0 Å². The SMILES string of the molecule is NOCC=Cc1ccc(Br)cc1. The molecule has 0 aliphatic rings. The van der Waals surface area contributed by atoms with Crippen LogP contribution in [0.2, 0.25) is 0 Å². The van der Waals surface area contributed by atoms with E-state index in [9.17, 15) is 0 Å². The molecule has 1 aromatic rings. The molecule has 12 heavy (non-hydrogen) atoms. The third kappa shape index (κ3) is 3.17. The van der Waals surface area contributed by atoms with E-state index in [4.69, 9.17) is 5.90 Å². The maximum absolute atomic E-state index is 4.86. The van der Waals surface area contributed by atoms with Gasteiger partial charge in [0.15, 0.2) is 0 Å². The molecule has 0 unspecified atom stereocenters. The summed E-state index contributed by atoms with van der Waals surface area (Å²) in [4.78, 5) is 4.39. The van der Waals surface area contributed by atoms with E-state index in [1.54, 1.807) is 0 Å². The van der Waals surface area contributed by atoms with Gasteiger partial charge in [0, 0.05) is 4.47 Å². The molecule has 1 aromatic carbocycles. The number of hydrogen-bond donors (Lipinski definition) is 1. The van der Waals surface area contributed by atoms with Crippen LogP contribution in [0.1, 0.15) is 5.56 Å². The van der Waals surface area contributed by atoms with Gasteiger partial charge in [0.25, 0.3) is 0 Å². The van der Waals surface area contributed by atoms with Gasteiger partial charge in [-0.05, 0) is 17.7 Å². The van der Waals surface area contributed by atoms with Crippen molar-refractivity contribution in [1.82, 2.24) is 0 Å². The lowest BCUT2D eigenvalue weighted by Gasteiger charge is -1.93. The Morgan fingerprint density at radius 3 is 2.58 bits per heavy atom. The normalized spacial score (nSPS) is 10.8. The quantitative estimate of drug-likeness (QED) is 0.806. The highest BCUT2D eigenvalue weighted by Gasteiger charge is 1.85. The van der Waals surface area contributed by atoms with Crippen LogP contribution in [0.25, 0.3) is 6.08 Å². The molecule has 0 amide bonds. The zero-order valence-electron chi connectivity index (χ0n) is 6.53. The summed E-state index contributed by atoms with van der Waals surface area (Å²) >= 11 is 3.36. The van der Waals surface area contributed by atoms with Gasteiger partial charge in [-0.3, -0.25) is 0 Å². The van der Waals surface area contributed by atoms with Crippen LogP contribution in [0.5, 0.6) is 0 Å². The molecule has 0 saturated carbocycles. The molecule has 2 N–H and O–H groups in total. The molecule has 0 aromatic heterocycles. The molecule has 2 nitrogen and oxygen atoms in total. The second-order valence-corrected chi connectivity index (χ2v) is 3.20. The predicted molar refractivity (Wildman–Crippen MR) is 53.3 cm³/mol. The summed E-state index contributed by atoms with van der Waals surface area (Å²) in [6, 6.07) is 8.00. The minimum Gasteiger partial charge on any atom is -0.300 e. The second-order valence-electron chi connectivity index (χ2n) is 2.29. The van der Waals surface area contributed by atoms with Crippen LogP contribution in [0, 0.1) is 0 Å². The highest BCUT2D eigenvalue weighted by atomic mass is 79.9. The molecule has 0 atom stereocenters. The Balaban J connectivity index is 2.58. The first-order chi connectivity index (χ1) is 5.83. The van der Waals surface area contributed by atoms with E-state index in [0.717, 1.165) is 10.0 Å². The minimum atomic E-state index is 0.441. The Labute approximate surface area is 80.1 Å². The number of hydrogen-bond acceptors (Lipinski definition) is 2. The van der Waals surface area contributed by atoms with Crippen molar-refractivity contribution in [3.05, 3.63) is 40.4 Å². The summed E-state index contributed by atoms with van der Waals surface area (Å²) in [6.07, 6.45) is 3.82. The van der Waals surface area contributed by atoms with Gasteiger partial charge in [0.05, 0.1) is 6.61 Å². The average molecular weight is 228 g/mol. The van der Waals surface area contributed by atoms with E-state index in [0.29, 0.717) is 6.61 Å². The lowest BCUT2D eigenvalue weighted by atomic mass is 10.2. The van der Waals surface area contributed by atoms with Crippen LogP contribution in [-0.2, 0) is 4.84 Å². The average Bonchev–Trinajstić information content (AvgIpc) is 2.09. The van der Waals surface area contributed by atoms with E-state index in [2.05, 4.69) is 20.8 Å². The van der Waals surface area contributed by atoms with Crippen molar-refractivity contribution in [2.75, 3.05) is 6.61 Å². The van der Waals surface area contributed by atoms with Crippen LogP contribution >= 0.6 is 15.9 Å². The summed E-state index contributed by atoms with van der Waals surface area (Å²) in [5.74, 6) is 4.86. The Kier molecular flexibility index (Phi) is 4.00.